The van der Waals surface area contributed by atoms with Crippen molar-refractivity contribution in [1.29, 1.82) is 0 Å². The average molecular weight is 310 g/mol. The summed E-state index contributed by atoms with van der Waals surface area (Å²) in [4.78, 5) is 41.7. The second kappa shape index (κ2) is 6.14. The molecule has 2 rings (SSSR count). The van der Waals surface area contributed by atoms with Crippen molar-refractivity contribution in [2.24, 2.45) is 11.3 Å². The zero-order chi connectivity index (χ0) is 16.5. The first kappa shape index (κ1) is 16.6. The lowest BCUT2D eigenvalue weighted by Gasteiger charge is -2.33. The zero-order valence-corrected chi connectivity index (χ0v) is 13.9. The standard InChI is InChI=1S/C15H26N4O3/c1-11(2)13(21)18-5-6-19(14(22)16-3)10-15(9-18)7-12(20)17(4)8-15/h11H,5-10H2,1-4H3,(H,16,22)/t15-/m0/s1. The Morgan fingerprint density at radius 1 is 1.14 bits per heavy atom. The van der Waals surface area contributed by atoms with Gasteiger partial charge in [0.05, 0.1) is 0 Å². The van der Waals surface area contributed by atoms with Gasteiger partial charge in [-0.15, -0.1) is 0 Å². The molecule has 0 radical (unpaired) electrons. The van der Waals surface area contributed by atoms with E-state index in [9.17, 15) is 14.4 Å². The van der Waals surface area contributed by atoms with Crippen LogP contribution in [-0.2, 0) is 9.59 Å². The molecule has 0 aliphatic carbocycles. The third kappa shape index (κ3) is 3.18. The first-order valence-corrected chi connectivity index (χ1v) is 7.77. The molecule has 2 aliphatic heterocycles. The van der Waals surface area contributed by atoms with Crippen LogP contribution in [0.2, 0.25) is 0 Å². The second-order valence-corrected chi connectivity index (χ2v) is 6.82. The van der Waals surface area contributed by atoms with Crippen molar-refractivity contribution in [3.63, 3.8) is 0 Å². The lowest BCUT2D eigenvalue weighted by atomic mass is 9.85. The minimum absolute atomic E-state index is 0.0794. The Balaban J connectivity index is 2.26. The summed E-state index contributed by atoms with van der Waals surface area (Å²) in [7, 11) is 3.38. The van der Waals surface area contributed by atoms with Gasteiger partial charge in [-0.1, -0.05) is 13.8 Å². The average Bonchev–Trinajstić information content (AvgIpc) is 2.63. The molecular formula is C15H26N4O3. The molecule has 0 aromatic rings. The predicted octanol–water partition coefficient (Wildman–Crippen LogP) is -0.0255. The third-order valence-corrected chi connectivity index (χ3v) is 4.52. The van der Waals surface area contributed by atoms with E-state index in [2.05, 4.69) is 5.32 Å². The van der Waals surface area contributed by atoms with Crippen molar-refractivity contribution in [3.8, 4) is 0 Å². The van der Waals surface area contributed by atoms with Gasteiger partial charge in [0.2, 0.25) is 11.8 Å². The molecule has 1 N–H and O–H groups in total. The number of carbonyl (C=O) groups excluding carboxylic acids is 3. The maximum atomic E-state index is 12.4. The van der Waals surface area contributed by atoms with Crippen molar-refractivity contribution in [1.82, 2.24) is 20.0 Å². The van der Waals surface area contributed by atoms with Crippen LogP contribution in [0.5, 0.6) is 0 Å². The molecule has 7 nitrogen and oxygen atoms in total. The fraction of sp³-hybridized carbons (Fsp3) is 0.800. The van der Waals surface area contributed by atoms with Crippen LogP contribution in [-0.4, -0.2) is 79.4 Å². The SMILES string of the molecule is CNC(=O)N1CCN(C(=O)C(C)C)C[C@@]2(CC(=O)N(C)C2)C1. The Hall–Kier alpha value is -1.79. The number of hydrogen-bond acceptors (Lipinski definition) is 3. The molecule has 4 amide bonds. The summed E-state index contributed by atoms with van der Waals surface area (Å²) in [6.45, 7) is 6.39. The minimum atomic E-state index is -0.362. The Morgan fingerprint density at radius 3 is 2.23 bits per heavy atom. The summed E-state index contributed by atoms with van der Waals surface area (Å²) in [5.74, 6) is 0.0780. The summed E-state index contributed by atoms with van der Waals surface area (Å²) in [5.41, 5.74) is -0.362. The largest absolute Gasteiger partial charge is 0.345 e. The number of urea groups is 1. The molecule has 22 heavy (non-hydrogen) atoms. The number of nitrogens with zero attached hydrogens (tertiary/aromatic N) is 3. The van der Waals surface area contributed by atoms with E-state index in [0.717, 1.165) is 0 Å². The molecule has 124 valence electrons. The maximum Gasteiger partial charge on any atom is 0.317 e. The van der Waals surface area contributed by atoms with Crippen molar-refractivity contribution in [3.05, 3.63) is 0 Å². The molecule has 2 heterocycles. The highest BCUT2D eigenvalue weighted by Crippen LogP contribution is 2.34. The van der Waals surface area contributed by atoms with E-state index in [-0.39, 0.29) is 29.2 Å². The molecule has 7 heteroatoms. The lowest BCUT2D eigenvalue weighted by molar-refractivity contribution is -0.135. The number of nitrogens with one attached hydrogen (secondary N) is 1. The van der Waals surface area contributed by atoms with Gasteiger partial charge in [-0.05, 0) is 0 Å². The fourth-order valence-corrected chi connectivity index (χ4v) is 3.46. The molecule has 0 saturated carbocycles. The summed E-state index contributed by atoms with van der Waals surface area (Å²) in [6.07, 6.45) is 0.388. The Labute approximate surface area is 131 Å². The van der Waals surface area contributed by atoms with Crippen molar-refractivity contribution < 1.29 is 14.4 Å². The van der Waals surface area contributed by atoms with Gasteiger partial charge in [0, 0.05) is 64.6 Å². The van der Waals surface area contributed by atoms with Crippen LogP contribution in [0.3, 0.4) is 0 Å². The molecule has 0 aromatic carbocycles. The highest BCUT2D eigenvalue weighted by molar-refractivity contribution is 5.81. The third-order valence-electron chi connectivity index (χ3n) is 4.52. The van der Waals surface area contributed by atoms with Crippen LogP contribution in [0.4, 0.5) is 4.79 Å². The van der Waals surface area contributed by atoms with Crippen molar-refractivity contribution in [2.45, 2.75) is 20.3 Å². The first-order chi connectivity index (χ1) is 10.3. The van der Waals surface area contributed by atoms with E-state index in [4.69, 9.17) is 0 Å². The van der Waals surface area contributed by atoms with Gasteiger partial charge in [0.15, 0.2) is 0 Å². The van der Waals surface area contributed by atoms with E-state index < -0.39 is 0 Å². The number of likely N-dealkylation sites (tertiary alicyclic amines) is 1. The fourth-order valence-electron chi connectivity index (χ4n) is 3.46. The number of amides is 4. The zero-order valence-electron chi connectivity index (χ0n) is 13.9. The van der Waals surface area contributed by atoms with Gasteiger partial charge < -0.3 is 20.0 Å². The minimum Gasteiger partial charge on any atom is -0.345 e. The van der Waals surface area contributed by atoms with E-state index in [1.165, 1.54) is 0 Å². The number of hydrogen-bond donors (Lipinski definition) is 1. The summed E-state index contributed by atoms with van der Waals surface area (Å²) >= 11 is 0. The molecule has 0 aromatic heterocycles. The van der Waals surface area contributed by atoms with E-state index in [1.54, 1.807) is 23.9 Å². The first-order valence-electron chi connectivity index (χ1n) is 7.77. The van der Waals surface area contributed by atoms with Crippen LogP contribution in [0.1, 0.15) is 20.3 Å². The summed E-state index contributed by atoms with van der Waals surface area (Å²) in [5, 5.41) is 2.64. The van der Waals surface area contributed by atoms with Gasteiger partial charge in [-0.3, -0.25) is 9.59 Å². The molecule has 2 fully saturated rings. The highest BCUT2D eigenvalue weighted by atomic mass is 16.2. The van der Waals surface area contributed by atoms with Gasteiger partial charge in [0.25, 0.3) is 0 Å². The van der Waals surface area contributed by atoms with E-state index in [0.29, 0.717) is 39.1 Å². The van der Waals surface area contributed by atoms with Gasteiger partial charge in [-0.25, -0.2) is 4.79 Å². The number of rotatable bonds is 1. The van der Waals surface area contributed by atoms with Gasteiger partial charge in [0.1, 0.15) is 0 Å². The normalized spacial score (nSPS) is 25.9. The lowest BCUT2D eigenvalue weighted by Crippen LogP contribution is -2.47. The number of carbonyl (C=O) groups is 3. The predicted molar refractivity (Wildman–Crippen MR) is 82.1 cm³/mol. The van der Waals surface area contributed by atoms with Crippen LogP contribution < -0.4 is 5.32 Å². The van der Waals surface area contributed by atoms with Crippen molar-refractivity contribution in [2.75, 3.05) is 46.8 Å². The summed E-state index contributed by atoms with van der Waals surface area (Å²) in [6, 6.07) is -0.153. The van der Waals surface area contributed by atoms with Crippen LogP contribution in [0.15, 0.2) is 0 Å². The molecule has 2 saturated heterocycles. The van der Waals surface area contributed by atoms with Crippen LogP contribution in [0, 0.1) is 11.3 Å². The maximum absolute atomic E-state index is 12.4. The Kier molecular flexibility index (Phi) is 4.63. The molecule has 1 atom stereocenters. The molecule has 2 aliphatic rings. The van der Waals surface area contributed by atoms with Gasteiger partial charge in [-0.2, -0.15) is 0 Å². The molecular weight excluding hydrogens is 284 g/mol. The topological polar surface area (TPSA) is 73.0 Å². The van der Waals surface area contributed by atoms with Crippen molar-refractivity contribution >= 4 is 17.8 Å². The highest BCUT2D eigenvalue weighted by Gasteiger charge is 2.47. The Bertz CT molecular complexity index is 479. The van der Waals surface area contributed by atoms with E-state index >= 15 is 0 Å². The Morgan fingerprint density at radius 2 is 1.73 bits per heavy atom. The summed E-state index contributed by atoms with van der Waals surface area (Å²) < 4.78 is 0. The molecule has 0 bridgehead atoms. The molecule has 1 spiro atoms. The van der Waals surface area contributed by atoms with Crippen LogP contribution in [0.25, 0.3) is 0 Å². The quantitative estimate of drug-likeness (QED) is 0.739. The molecule has 0 unspecified atom stereocenters. The van der Waals surface area contributed by atoms with E-state index in [1.807, 2.05) is 18.7 Å². The van der Waals surface area contributed by atoms with Gasteiger partial charge >= 0.3 is 6.03 Å². The smallest absolute Gasteiger partial charge is 0.317 e. The van der Waals surface area contributed by atoms with Crippen LogP contribution >= 0.6 is 0 Å². The second-order valence-electron chi connectivity index (χ2n) is 6.82. The monoisotopic (exact) mass is 310 g/mol.